The van der Waals surface area contributed by atoms with E-state index in [2.05, 4.69) is 24.1 Å². The van der Waals surface area contributed by atoms with E-state index in [1.165, 1.54) is 45.4 Å². The van der Waals surface area contributed by atoms with Crippen LogP contribution in [0.2, 0.25) is 0 Å². The number of piperazine rings is 1. The lowest BCUT2D eigenvalue weighted by Crippen LogP contribution is -2.47. The molecule has 0 bridgehead atoms. The van der Waals surface area contributed by atoms with E-state index < -0.39 is 0 Å². The molecule has 0 aromatic heterocycles. The molecule has 0 aliphatic carbocycles. The van der Waals surface area contributed by atoms with Gasteiger partial charge in [-0.05, 0) is 13.3 Å². The fourth-order valence-corrected chi connectivity index (χ4v) is 1.81. The summed E-state index contributed by atoms with van der Waals surface area (Å²) in [6.07, 6.45) is 4.08. The number of nitrogens with zero attached hydrogens (tertiary/aromatic N) is 1. The molecule has 0 radical (unpaired) electrons. The Morgan fingerprint density at radius 2 is 2.00 bits per heavy atom. The molecule has 12 heavy (non-hydrogen) atoms. The zero-order valence-corrected chi connectivity index (χ0v) is 8.47. The molecule has 0 amide bonds. The first-order valence-electron chi connectivity index (χ1n) is 5.29. The number of rotatable bonds is 4. The summed E-state index contributed by atoms with van der Waals surface area (Å²) in [7, 11) is 0. The first-order valence-corrected chi connectivity index (χ1v) is 5.29. The molecule has 0 saturated carbocycles. The SMILES string of the molecule is CCCCC(C)N1CCNCC1. The second-order valence-electron chi connectivity index (χ2n) is 3.78. The largest absolute Gasteiger partial charge is 0.314 e. The highest BCUT2D eigenvalue weighted by Crippen LogP contribution is 2.08. The van der Waals surface area contributed by atoms with E-state index >= 15 is 0 Å². The first kappa shape index (κ1) is 10.0. The minimum Gasteiger partial charge on any atom is -0.314 e. The minimum atomic E-state index is 0.798. The lowest BCUT2D eigenvalue weighted by atomic mass is 10.1. The molecular weight excluding hydrogens is 148 g/mol. The zero-order valence-electron chi connectivity index (χ0n) is 8.47. The van der Waals surface area contributed by atoms with Crippen LogP contribution in [0, 0.1) is 0 Å². The summed E-state index contributed by atoms with van der Waals surface area (Å²) >= 11 is 0. The van der Waals surface area contributed by atoms with E-state index in [1.807, 2.05) is 0 Å². The topological polar surface area (TPSA) is 15.3 Å². The third-order valence-electron chi connectivity index (χ3n) is 2.75. The Hall–Kier alpha value is -0.0800. The van der Waals surface area contributed by atoms with Crippen LogP contribution in [0.5, 0.6) is 0 Å². The number of hydrogen-bond acceptors (Lipinski definition) is 2. The van der Waals surface area contributed by atoms with Gasteiger partial charge in [-0.1, -0.05) is 19.8 Å². The van der Waals surface area contributed by atoms with Crippen molar-refractivity contribution >= 4 is 0 Å². The van der Waals surface area contributed by atoms with Gasteiger partial charge in [0.25, 0.3) is 0 Å². The predicted octanol–water partition coefficient (Wildman–Crippen LogP) is 1.47. The molecule has 2 nitrogen and oxygen atoms in total. The lowest BCUT2D eigenvalue weighted by Gasteiger charge is -2.32. The van der Waals surface area contributed by atoms with Gasteiger partial charge in [-0.3, -0.25) is 4.90 Å². The maximum Gasteiger partial charge on any atom is 0.0110 e. The molecule has 0 aromatic carbocycles. The molecule has 1 atom stereocenters. The van der Waals surface area contributed by atoms with Crippen molar-refractivity contribution in [2.75, 3.05) is 26.2 Å². The Morgan fingerprint density at radius 1 is 1.33 bits per heavy atom. The van der Waals surface area contributed by atoms with E-state index in [0.717, 1.165) is 6.04 Å². The van der Waals surface area contributed by atoms with Crippen LogP contribution in [-0.4, -0.2) is 37.1 Å². The van der Waals surface area contributed by atoms with Crippen LogP contribution in [0.3, 0.4) is 0 Å². The van der Waals surface area contributed by atoms with E-state index in [0.29, 0.717) is 0 Å². The molecule has 1 heterocycles. The van der Waals surface area contributed by atoms with E-state index in [4.69, 9.17) is 0 Å². The van der Waals surface area contributed by atoms with Crippen LogP contribution >= 0.6 is 0 Å². The van der Waals surface area contributed by atoms with Gasteiger partial charge < -0.3 is 5.32 Å². The predicted molar refractivity (Wildman–Crippen MR) is 53.4 cm³/mol. The molecule has 0 aromatic rings. The number of hydrogen-bond donors (Lipinski definition) is 1. The monoisotopic (exact) mass is 170 g/mol. The Bertz CT molecular complexity index is 108. The maximum absolute atomic E-state index is 3.38. The average molecular weight is 170 g/mol. The summed E-state index contributed by atoms with van der Waals surface area (Å²) < 4.78 is 0. The Kier molecular flexibility index (Phi) is 4.62. The molecule has 1 rings (SSSR count). The lowest BCUT2D eigenvalue weighted by molar-refractivity contribution is 0.174. The molecule has 1 unspecified atom stereocenters. The molecule has 1 aliphatic heterocycles. The van der Waals surface area contributed by atoms with Crippen molar-refractivity contribution < 1.29 is 0 Å². The van der Waals surface area contributed by atoms with Crippen LogP contribution in [0.15, 0.2) is 0 Å². The van der Waals surface area contributed by atoms with E-state index in [9.17, 15) is 0 Å². The van der Waals surface area contributed by atoms with Gasteiger partial charge in [0, 0.05) is 32.2 Å². The second kappa shape index (κ2) is 5.55. The van der Waals surface area contributed by atoms with E-state index in [1.54, 1.807) is 0 Å². The summed E-state index contributed by atoms with van der Waals surface area (Å²) in [5.41, 5.74) is 0. The number of nitrogens with one attached hydrogen (secondary N) is 1. The Balaban J connectivity index is 2.15. The van der Waals surface area contributed by atoms with E-state index in [-0.39, 0.29) is 0 Å². The molecule has 2 heteroatoms. The summed E-state index contributed by atoms with van der Waals surface area (Å²) in [5.74, 6) is 0. The quantitative estimate of drug-likeness (QED) is 0.687. The van der Waals surface area contributed by atoms with Gasteiger partial charge >= 0.3 is 0 Å². The zero-order chi connectivity index (χ0) is 8.81. The van der Waals surface area contributed by atoms with Gasteiger partial charge in [0.1, 0.15) is 0 Å². The minimum absolute atomic E-state index is 0.798. The Labute approximate surface area is 76.3 Å². The summed E-state index contributed by atoms with van der Waals surface area (Å²) in [6, 6.07) is 0.798. The van der Waals surface area contributed by atoms with Gasteiger partial charge in [-0.15, -0.1) is 0 Å². The highest BCUT2D eigenvalue weighted by Gasteiger charge is 2.14. The van der Waals surface area contributed by atoms with Crippen molar-refractivity contribution in [2.45, 2.75) is 39.2 Å². The maximum atomic E-state index is 3.38. The fourth-order valence-electron chi connectivity index (χ4n) is 1.81. The smallest absolute Gasteiger partial charge is 0.0110 e. The van der Waals surface area contributed by atoms with Crippen LogP contribution < -0.4 is 5.32 Å². The number of unbranched alkanes of at least 4 members (excludes halogenated alkanes) is 1. The summed E-state index contributed by atoms with van der Waals surface area (Å²) in [5, 5.41) is 3.38. The Morgan fingerprint density at radius 3 is 2.58 bits per heavy atom. The highest BCUT2D eigenvalue weighted by molar-refractivity contribution is 4.73. The van der Waals surface area contributed by atoms with Crippen molar-refractivity contribution in [3.63, 3.8) is 0 Å². The van der Waals surface area contributed by atoms with Gasteiger partial charge in [0.05, 0.1) is 0 Å². The van der Waals surface area contributed by atoms with Gasteiger partial charge in [-0.25, -0.2) is 0 Å². The molecule has 0 spiro atoms. The fraction of sp³-hybridized carbons (Fsp3) is 1.00. The van der Waals surface area contributed by atoms with Crippen LogP contribution in [0.25, 0.3) is 0 Å². The van der Waals surface area contributed by atoms with Crippen molar-refractivity contribution in [1.82, 2.24) is 10.2 Å². The molecule has 1 aliphatic rings. The van der Waals surface area contributed by atoms with Crippen molar-refractivity contribution in [2.24, 2.45) is 0 Å². The van der Waals surface area contributed by atoms with Crippen molar-refractivity contribution in [3.8, 4) is 0 Å². The third kappa shape index (κ3) is 3.11. The second-order valence-corrected chi connectivity index (χ2v) is 3.78. The molecule has 1 saturated heterocycles. The van der Waals surface area contributed by atoms with Gasteiger partial charge in [0.2, 0.25) is 0 Å². The molecule has 1 N–H and O–H groups in total. The highest BCUT2D eigenvalue weighted by atomic mass is 15.2. The standard InChI is InChI=1S/C10H22N2/c1-3-4-5-10(2)12-8-6-11-7-9-12/h10-11H,3-9H2,1-2H3. The molecule has 72 valence electrons. The van der Waals surface area contributed by atoms with Gasteiger partial charge in [-0.2, -0.15) is 0 Å². The van der Waals surface area contributed by atoms with Crippen molar-refractivity contribution in [3.05, 3.63) is 0 Å². The average Bonchev–Trinajstić information content (AvgIpc) is 2.15. The van der Waals surface area contributed by atoms with Crippen molar-refractivity contribution in [1.29, 1.82) is 0 Å². The summed E-state index contributed by atoms with van der Waals surface area (Å²) in [4.78, 5) is 2.60. The molecule has 1 fully saturated rings. The van der Waals surface area contributed by atoms with Gasteiger partial charge in [0.15, 0.2) is 0 Å². The first-order chi connectivity index (χ1) is 5.84. The van der Waals surface area contributed by atoms with Crippen LogP contribution in [0.4, 0.5) is 0 Å². The van der Waals surface area contributed by atoms with Crippen LogP contribution in [0.1, 0.15) is 33.1 Å². The normalized spacial score (nSPS) is 22.5. The van der Waals surface area contributed by atoms with Crippen LogP contribution in [-0.2, 0) is 0 Å². The molecular formula is C10H22N2. The summed E-state index contributed by atoms with van der Waals surface area (Å²) in [6.45, 7) is 9.47. The third-order valence-corrected chi connectivity index (χ3v) is 2.75.